The van der Waals surface area contributed by atoms with Crippen LogP contribution in [-0.2, 0) is 9.57 Å². The van der Waals surface area contributed by atoms with Gasteiger partial charge in [0.25, 0.3) is 0 Å². The molecule has 0 radical (unpaired) electrons. The second-order valence-electron chi connectivity index (χ2n) is 3.79. The van der Waals surface area contributed by atoms with Crippen molar-refractivity contribution in [2.75, 3.05) is 6.61 Å². The smallest absolute Gasteiger partial charge is 0.393 e. The van der Waals surface area contributed by atoms with Crippen molar-refractivity contribution in [3.05, 3.63) is 18.2 Å². The number of nitrogens with zero attached hydrogens (tertiary/aromatic N) is 2. The summed E-state index contributed by atoms with van der Waals surface area (Å²) in [5.74, 6) is 3.67. The van der Waals surface area contributed by atoms with Crippen LogP contribution in [0.2, 0.25) is 0 Å². The minimum absolute atomic E-state index is 0.174. The Hall–Kier alpha value is -1.52. The minimum Gasteiger partial charge on any atom is -0.394 e. The number of nitrogens with two attached hydrogens (primary N) is 1. The molecule has 0 bridgehead atoms. The highest BCUT2D eigenvalue weighted by atomic mass is 16.7. The molecule has 4 atom stereocenters. The fraction of sp³-hybridized carbons (Fsp3) is 0.556. The van der Waals surface area contributed by atoms with E-state index in [2.05, 4.69) is 9.82 Å². The van der Waals surface area contributed by atoms with Gasteiger partial charge in [-0.2, -0.15) is 5.90 Å². The zero-order valence-electron chi connectivity index (χ0n) is 9.21. The average molecular weight is 259 g/mol. The Morgan fingerprint density at radius 3 is 2.83 bits per heavy atom. The fourth-order valence-electron chi connectivity index (χ4n) is 1.84. The standard InChI is InChI=1S/C9H13N3O6/c10-18-9(16)7-11-1-2-12(7)8-6(15)5(14)4(3-13)17-8/h1-2,4-6,8,13-15H,3,10H2/t4-,5-,6-,8-/m1/s1. The maximum absolute atomic E-state index is 11.3. The van der Waals surface area contributed by atoms with Gasteiger partial charge in [0.1, 0.15) is 18.3 Å². The van der Waals surface area contributed by atoms with E-state index in [-0.39, 0.29) is 5.82 Å². The van der Waals surface area contributed by atoms with Crippen molar-refractivity contribution in [1.82, 2.24) is 9.55 Å². The lowest BCUT2D eigenvalue weighted by atomic mass is 10.1. The van der Waals surface area contributed by atoms with Gasteiger partial charge in [0.2, 0.25) is 5.82 Å². The van der Waals surface area contributed by atoms with Crippen LogP contribution in [0.5, 0.6) is 0 Å². The van der Waals surface area contributed by atoms with Crippen molar-refractivity contribution in [2.45, 2.75) is 24.5 Å². The van der Waals surface area contributed by atoms with E-state index in [0.29, 0.717) is 0 Å². The molecule has 1 aromatic heterocycles. The molecule has 9 nitrogen and oxygen atoms in total. The minimum atomic E-state index is -1.30. The Morgan fingerprint density at radius 1 is 1.56 bits per heavy atom. The molecule has 100 valence electrons. The number of carbonyl (C=O) groups is 1. The van der Waals surface area contributed by atoms with E-state index in [4.69, 9.17) is 15.7 Å². The summed E-state index contributed by atoms with van der Waals surface area (Å²) in [5.41, 5.74) is 0. The Kier molecular flexibility index (Phi) is 3.59. The first-order valence-corrected chi connectivity index (χ1v) is 5.16. The van der Waals surface area contributed by atoms with Crippen LogP contribution in [0.25, 0.3) is 0 Å². The monoisotopic (exact) mass is 259 g/mol. The zero-order valence-corrected chi connectivity index (χ0v) is 9.21. The van der Waals surface area contributed by atoms with Crippen LogP contribution in [0.4, 0.5) is 0 Å². The summed E-state index contributed by atoms with van der Waals surface area (Å²) in [5, 5.41) is 28.4. The van der Waals surface area contributed by atoms with E-state index >= 15 is 0 Å². The van der Waals surface area contributed by atoms with Gasteiger partial charge >= 0.3 is 5.97 Å². The van der Waals surface area contributed by atoms with Gasteiger partial charge in [0.15, 0.2) is 6.23 Å². The molecule has 0 saturated carbocycles. The Morgan fingerprint density at radius 2 is 2.28 bits per heavy atom. The third-order valence-electron chi connectivity index (χ3n) is 2.75. The van der Waals surface area contributed by atoms with Crippen LogP contribution < -0.4 is 5.90 Å². The van der Waals surface area contributed by atoms with E-state index in [1.54, 1.807) is 0 Å². The number of carbonyl (C=O) groups excluding carboxylic acids is 1. The molecule has 1 aliphatic rings. The number of aliphatic hydroxyl groups excluding tert-OH is 3. The molecule has 9 heteroatoms. The second kappa shape index (κ2) is 5.00. The molecular weight excluding hydrogens is 246 g/mol. The lowest BCUT2D eigenvalue weighted by molar-refractivity contribution is -0.0542. The molecule has 0 unspecified atom stereocenters. The number of rotatable bonds is 3. The molecule has 1 fully saturated rings. The van der Waals surface area contributed by atoms with E-state index in [1.165, 1.54) is 17.0 Å². The molecule has 2 rings (SSSR count). The molecule has 1 aromatic rings. The number of hydrogen-bond acceptors (Lipinski definition) is 8. The van der Waals surface area contributed by atoms with Gasteiger partial charge in [-0.15, -0.1) is 0 Å². The SMILES string of the molecule is NOC(=O)c1nccn1[C@@H]1O[C@H](CO)[C@@H](O)[C@H]1O. The number of ether oxygens (including phenoxy) is 1. The lowest BCUT2D eigenvalue weighted by Crippen LogP contribution is -2.33. The highest BCUT2D eigenvalue weighted by Gasteiger charge is 2.44. The number of imidazole rings is 1. The maximum atomic E-state index is 11.3. The molecule has 0 spiro atoms. The van der Waals surface area contributed by atoms with Gasteiger partial charge < -0.3 is 24.9 Å². The Bertz CT molecular complexity index is 436. The van der Waals surface area contributed by atoms with Gasteiger partial charge in [-0.25, -0.2) is 9.78 Å². The van der Waals surface area contributed by atoms with Gasteiger partial charge in [-0.3, -0.25) is 4.57 Å². The molecular formula is C9H13N3O6. The van der Waals surface area contributed by atoms with Crippen molar-refractivity contribution in [2.24, 2.45) is 5.90 Å². The normalized spacial score (nSPS) is 31.6. The van der Waals surface area contributed by atoms with Gasteiger partial charge in [0, 0.05) is 12.4 Å². The van der Waals surface area contributed by atoms with Gasteiger partial charge in [-0.1, -0.05) is 0 Å². The third kappa shape index (κ3) is 1.98. The summed E-state index contributed by atoms with van der Waals surface area (Å²) < 4.78 is 6.42. The highest BCUT2D eigenvalue weighted by molar-refractivity contribution is 5.85. The molecule has 5 N–H and O–H groups in total. The number of aromatic nitrogens is 2. The van der Waals surface area contributed by atoms with E-state index < -0.39 is 37.1 Å². The largest absolute Gasteiger partial charge is 0.394 e. The average Bonchev–Trinajstić information content (AvgIpc) is 2.95. The van der Waals surface area contributed by atoms with Crippen LogP contribution in [0.15, 0.2) is 12.4 Å². The summed E-state index contributed by atoms with van der Waals surface area (Å²) in [4.78, 5) is 19.1. The summed E-state index contributed by atoms with van der Waals surface area (Å²) in [6, 6.07) is 0. The predicted molar refractivity (Wildman–Crippen MR) is 54.8 cm³/mol. The van der Waals surface area contributed by atoms with Crippen LogP contribution in [0.1, 0.15) is 16.8 Å². The predicted octanol–water partition coefficient (Wildman–Crippen LogP) is -2.47. The van der Waals surface area contributed by atoms with Gasteiger partial charge in [0.05, 0.1) is 6.61 Å². The van der Waals surface area contributed by atoms with Gasteiger partial charge in [-0.05, 0) is 0 Å². The molecule has 0 amide bonds. The summed E-state index contributed by atoms with van der Waals surface area (Å²) >= 11 is 0. The quantitative estimate of drug-likeness (QED) is 0.437. The molecule has 0 aliphatic carbocycles. The van der Waals surface area contributed by atoms with Crippen LogP contribution in [0, 0.1) is 0 Å². The molecule has 1 saturated heterocycles. The zero-order chi connectivity index (χ0) is 13.3. The summed E-state index contributed by atoms with van der Waals surface area (Å²) in [6.45, 7) is -0.458. The first-order chi connectivity index (χ1) is 8.60. The molecule has 1 aliphatic heterocycles. The summed E-state index contributed by atoms with van der Waals surface area (Å²) in [6.07, 6.45) is -1.89. The lowest BCUT2D eigenvalue weighted by Gasteiger charge is -2.17. The van der Waals surface area contributed by atoms with Crippen molar-refractivity contribution in [1.29, 1.82) is 0 Å². The van der Waals surface area contributed by atoms with Crippen LogP contribution in [-0.4, -0.2) is 55.8 Å². The fourth-order valence-corrected chi connectivity index (χ4v) is 1.84. The highest BCUT2D eigenvalue weighted by Crippen LogP contribution is 2.30. The number of hydrogen-bond donors (Lipinski definition) is 4. The van der Waals surface area contributed by atoms with Crippen LogP contribution in [0.3, 0.4) is 0 Å². The first-order valence-electron chi connectivity index (χ1n) is 5.16. The van der Waals surface area contributed by atoms with E-state index in [1.807, 2.05) is 0 Å². The Balaban J connectivity index is 2.27. The first kappa shape index (κ1) is 12.9. The van der Waals surface area contributed by atoms with Crippen molar-refractivity contribution < 1.29 is 29.7 Å². The second-order valence-corrected chi connectivity index (χ2v) is 3.79. The van der Waals surface area contributed by atoms with Crippen molar-refractivity contribution in [3.8, 4) is 0 Å². The van der Waals surface area contributed by atoms with E-state index in [9.17, 15) is 15.0 Å². The number of aliphatic hydroxyl groups is 3. The van der Waals surface area contributed by atoms with Crippen molar-refractivity contribution >= 4 is 5.97 Å². The Labute approximate surface area is 101 Å². The van der Waals surface area contributed by atoms with E-state index in [0.717, 1.165) is 0 Å². The van der Waals surface area contributed by atoms with Crippen LogP contribution >= 0.6 is 0 Å². The van der Waals surface area contributed by atoms with Crippen molar-refractivity contribution in [3.63, 3.8) is 0 Å². The topological polar surface area (TPSA) is 140 Å². The summed E-state index contributed by atoms with van der Waals surface area (Å²) in [7, 11) is 0. The molecule has 18 heavy (non-hydrogen) atoms. The third-order valence-corrected chi connectivity index (χ3v) is 2.75. The molecule has 2 heterocycles. The molecule has 0 aromatic carbocycles. The maximum Gasteiger partial charge on any atom is 0.393 e.